The Bertz CT molecular complexity index is 691. The Morgan fingerprint density at radius 2 is 1.72 bits per heavy atom. The molecule has 184 valence electrons. The van der Waals surface area contributed by atoms with Crippen LogP contribution in [-0.2, 0) is 9.53 Å². The number of fused-ring (bicyclic) bond motifs is 5. The maximum Gasteiger partial charge on any atom is 0.302 e. The maximum absolute atomic E-state index is 11.6. The zero-order chi connectivity index (χ0) is 23.3. The Balaban J connectivity index is 1.47. The average Bonchev–Trinajstić information content (AvgIpc) is 3.05. The van der Waals surface area contributed by atoms with Gasteiger partial charge >= 0.3 is 5.97 Å². The van der Waals surface area contributed by atoms with Gasteiger partial charge in [-0.1, -0.05) is 53.9 Å². The predicted octanol–water partition coefficient (Wildman–Crippen LogP) is 8.40. The summed E-state index contributed by atoms with van der Waals surface area (Å²) in [6, 6.07) is 0. The number of ether oxygens (including phenoxy) is 1. The van der Waals surface area contributed by atoms with Gasteiger partial charge < -0.3 is 4.74 Å². The second kappa shape index (κ2) is 9.09. The molecule has 0 radical (unpaired) electrons. The molecule has 0 bridgehead atoms. The number of carbonyl (C=O) groups excluding carboxylic acids is 1. The molecule has 0 aromatic carbocycles. The van der Waals surface area contributed by atoms with Gasteiger partial charge in [0.05, 0.1) is 4.87 Å². The number of halogens is 1. The molecule has 4 aliphatic rings. The monoisotopic (exact) mass is 464 g/mol. The molecule has 0 spiro atoms. The minimum atomic E-state index is -0.192. The van der Waals surface area contributed by atoms with E-state index in [2.05, 4.69) is 34.6 Å². The van der Waals surface area contributed by atoms with Crippen LogP contribution in [0.3, 0.4) is 0 Å². The molecule has 2 nitrogen and oxygen atoms in total. The molecule has 0 aliphatic heterocycles. The summed E-state index contributed by atoms with van der Waals surface area (Å²) in [4.78, 5) is 11.4. The molecule has 0 saturated heterocycles. The molecule has 4 fully saturated rings. The van der Waals surface area contributed by atoms with Gasteiger partial charge in [0.1, 0.15) is 6.10 Å². The van der Waals surface area contributed by atoms with Crippen molar-refractivity contribution in [3.05, 3.63) is 0 Å². The first-order valence-electron chi connectivity index (χ1n) is 13.9. The van der Waals surface area contributed by atoms with Gasteiger partial charge in [0.25, 0.3) is 0 Å². The molecule has 7 unspecified atom stereocenters. The second-order valence-corrected chi connectivity index (χ2v) is 14.0. The highest BCUT2D eigenvalue weighted by Gasteiger charge is 2.64. The fourth-order valence-corrected chi connectivity index (χ4v) is 10.0. The molecule has 0 amide bonds. The molecule has 4 aliphatic carbocycles. The SMILES string of the molecule is CC(=O)OC1CCC2(C)C3CCC4(C)C(CCC4[C@H](C)CCCC(C)C)C3CC[C@@]2(Cl)C1. The zero-order valence-corrected chi connectivity index (χ0v) is 22.5. The first kappa shape index (κ1) is 24.9. The van der Waals surface area contributed by atoms with Gasteiger partial charge in [-0.15, -0.1) is 11.6 Å². The van der Waals surface area contributed by atoms with Crippen molar-refractivity contribution >= 4 is 17.6 Å². The number of esters is 1. The number of rotatable bonds is 6. The molecule has 0 heterocycles. The van der Waals surface area contributed by atoms with Gasteiger partial charge in [-0.3, -0.25) is 4.79 Å². The van der Waals surface area contributed by atoms with Gasteiger partial charge in [-0.2, -0.15) is 0 Å². The Hall–Kier alpha value is -0.240. The van der Waals surface area contributed by atoms with Crippen molar-refractivity contribution in [2.24, 2.45) is 46.3 Å². The summed E-state index contributed by atoms with van der Waals surface area (Å²) >= 11 is 7.46. The number of carbonyl (C=O) groups is 1. The van der Waals surface area contributed by atoms with Crippen molar-refractivity contribution in [1.29, 1.82) is 0 Å². The smallest absolute Gasteiger partial charge is 0.302 e. The molecule has 9 atom stereocenters. The van der Waals surface area contributed by atoms with E-state index in [-0.39, 0.29) is 22.4 Å². The van der Waals surface area contributed by atoms with E-state index in [4.69, 9.17) is 16.3 Å². The van der Waals surface area contributed by atoms with E-state index in [0.717, 1.165) is 61.2 Å². The maximum atomic E-state index is 11.6. The fraction of sp³-hybridized carbons (Fsp3) is 0.966. The number of hydrogen-bond donors (Lipinski definition) is 0. The van der Waals surface area contributed by atoms with Crippen LogP contribution in [0.15, 0.2) is 0 Å². The van der Waals surface area contributed by atoms with Gasteiger partial charge in [0.15, 0.2) is 0 Å². The van der Waals surface area contributed by atoms with Crippen LogP contribution >= 0.6 is 11.6 Å². The van der Waals surface area contributed by atoms with Crippen molar-refractivity contribution in [2.45, 2.75) is 130 Å². The lowest BCUT2D eigenvalue weighted by Gasteiger charge is -2.64. The summed E-state index contributed by atoms with van der Waals surface area (Å²) in [6.45, 7) is 14.0. The lowest BCUT2D eigenvalue weighted by Crippen LogP contribution is -2.60. The van der Waals surface area contributed by atoms with Crippen molar-refractivity contribution in [3.63, 3.8) is 0 Å². The van der Waals surface area contributed by atoms with E-state index < -0.39 is 0 Å². The minimum Gasteiger partial charge on any atom is -0.462 e. The number of hydrogen-bond acceptors (Lipinski definition) is 2. The largest absolute Gasteiger partial charge is 0.462 e. The molecule has 0 N–H and O–H groups in total. The third-order valence-corrected chi connectivity index (χ3v) is 12.0. The van der Waals surface area contributed by atoms with Gasteiger partial charge in [0.2, 0.25) is 0 Å². The van der Waals surface area contributed by atoms with Crippen LogP contribution in [0.2, 0.25) is 0 Å². The van der Waals surface area contributed by atoms with Crippen molar-refractivity contribution in [3.8, 4) is 0 Å². The van der Waals surface area contributed by atoms with Crippen LogP contribution < -0.4 is 0 Å². The van der Waals surface area contributed by atoms with Gasteiger partial charge in [-0.05, 0) is 97.7 Å². The summed E-state index contributed by atoms with van der Waals surface area (Å²) in [5.74, 6) is 4.95. The number of alkyl halides is 1. The zero-order valence-electron chi connectivity index (χ0n) is 21.7. The van der Waals surface area contributed by atoms with Crippen molar-refractivity contribution in [2.75, 3.05) is 0 Å². The third kappa shape index (κ3) is 4.18. The highest BCUT2D eigenvalue weighted by Crippen LogP contribution is 2.70. The van der Waals surface area contributed by atoms with Crippen LogP contribution in [-0.4, -0.2) is 16.9 Å². The lowest BCUT2D eigenvalue weighted by molar-refractivity contribution is -0.157. The molecule has 4 rings (SSSR count). The fourth-order valence-electron chi connectivity index (χ4n) is 9.52. The van der Waals surface area contributed by atoms with Crippen molar-refractivity contribution < 1.29 is 9.53 Å². The summed E-state index contributed by atoms with van der Waals surface area (Å²) in [5, 5.41) is 0. The molecule has 32 heavy (non-hydrogen) atoms. The molecular weight excluding hydrogens is 416 g/mol. The predicted molar refractivity (Wildman–Crippen MR) is 134 cm³/mol. The summed E-state index contributed by atoms with van der Waals surface area (Å²) in [7, 11) is 0. The van der Waals surface area contributed by atoms with Crippen molar-refractivity contribution in [1.82, 2.24) is 0 Å². The summed E-state index contributed by atoms with van der Waals surface area (Å²) in [6.07, 6.45) is 15.2. The highest BCUT2D eigenvalue weighted by atomic mass is 35.5. The Morgan fingerprint density at radius 3 is 2.41 bits per heavy atom. The topological polar surface area (TPSA) is 26.3 Å². The van der Waals surface area contributed by atoms with E-state index in [1.54, 1.807) is 0 Å². The molecule has 4 saturated carbocycles. The van der Waals surface area contributed by atoms with Crippen LogP contribution in [0.5, 0.6) is 0 Å². The van der Waals surface area contributed by atoms with Crippen LogP contribution in [0.1, 0.15) is 119 Å². The van der Waals surface area contributed by atoms with Gasteiger partial charge in [-0.25, -0.2) is 0 Å². The highest BCUT2D eigenvalue weighted by molar-refractivity contribution is 6.24. The molecule has 0 aromatic heterocycles. The Morgan fingerprint density at radius 1 is 0.969 bits per heavy atom. The first-order valence-corrected chi connectivity index (χ1v) is 14.2. The van der Waals surface area contributed by atoms with E-state index in [1.165, 1.54) is 58.3 Å². The second-order valence-electron chi connectivity index (χ2n) is 13.3. The Labute approximate surface area is 203 Å². The Kier molecular flexibility index (Phi) is 7.06. The molecule has 0 aromatic rings. The van der Waals surface area contributed by atoms with E-state index in [9.17, 15) is 4.79 Å². The quantitative estimate of drug-likeness (QED) is 0.291. The first-order chi connectivity index (χ1) is 15.0. The minimum absolute atomic E-state index is 0.0195. The average molecular weight is 465 g/mol. The molecular formula is C29H49ClO2. The van der Waals surface area contributed by atoms with Gasteiger partial charge in [0, 0.05) is 13.3 Å². The normalized spacial score (nSPS) is 46.8. The van der Waals surface area contributed by atoms with Crippen LogP contribution in [0, 0.1) is 46.3 Å². The van der Waals surface area contributed by atoms with E-state index in [0.29, 0.717) is 5.41 Å². The third-order valence-electron chi connectivity index (χ3n) is 11.2. The summed E-state index contributed by atoms with van der Waals surface area (Å²) < 4.78 is 5.64. The van der Waals surface area contributed by atoms with Crippen LogP contribution in [0.4, 0.5) is 0 Å². The van der Waals surface area contributed by atoms with Crippen LogP contribution in [0.25, 0.3) is 0 Å². The lowest BCUT2D eigenvalue weighted by atomic mass is 9.44. The van der Waals surface area contributed by atoms with E-state index in [1.807, 2.05) is 0 Å². The molecule has 3 heteroatoms. The van der Waals surface area contributed by atoms with E-state index >= 15 is 0 Å². The summed E-state index contributed by atoms with van der Waals surface area (Å²) in [5.41, 5.74) is 0.729. The standard InChI is InChI=1S/C29H49ClO2/c1-19(2)8-7-9-20(3)24-10-11-25-23-13-17-29(30)18-22(32-21(4)31)12-16-28(29,6)26(23)14-15-27(24,25)5/h19-20,22-26H,7-18H2,1-6H3/t20-,22?,23?,24?,25?,26?,27?,28?,29-/m1/s1.